The predicted octanol–water partition coefficient (Wildman–Crippen LogP) is 4.61. The fourth-order valence-corrected chi connectivity index (χ4v) is 3.37. The van der Waals surface area contributed by atoms with Gasteiger partial charge in [0.1, 0.15) is 6.61 Å². The molecule has 4 heteroatoms. The van der Waals surface area contributed by atoms with Gasteiger partial charge in [-0.1, -0.05) is 60.7 Å². The van der Waals surface area contributed by atoms with Crippen molar-refractivity contribution in [3.8, 4) is 0 Å². The molecular formula is C22H27NO3. The van der Waals surface area contributed by atoms with Crippen molar-refractivity contribution in [2.24, 2.45) is 0 Å². The average Bonchev–Trinajstić information content (AvgIpc) is 3.10. The summed E-state index contributed by atoms with van der Waals surface area (Å²) in [5.41, 5.74) is 2.26. The molecule has 1 saturated heterocycles. The van der Waals surface area contributed by atoms with Gasteiger partial charge < -0.3 is 14.4 Å². The summed E-state index contributed by atoms with van der Waals surface area (Å²) in [6.07, 6.45) is 0.787. The molecule has 1 fully saturated rings. The van der Waals surface area contributed by atoms with Crippen LogP contribution in [0.5, 0.6) is 0 Å². The van der Waals surface area contributed by atoms with Gasteiger partial charge in [-0.05, 0) is 31.4 Å². The topological polar surface area (TPSA) is 38.8 Å². The molecule has 0 N–H and O–H groups in total. The molecule has 4 nitrogen and oxygen atoms in total. The van der Waals surface area contributed by atoms with Gasteiger partial charge in [0.2, 0.25) is 0 Å². The number of carbonyl (C=O) groups excluding carboxylic acids is 1. The summed E-state index contributed by atoms with van der Waals surface area (Å²) in [6, 6.07) is 20.2. The molecule has 2 unspecified atom stereocenters. The van der Waals surface area contributed by atoms with Crippen molar-refractivity contribution in [1.29, 1.82) is 0 Å². The molecule has 2 atom stereocenters. The van der Waals surface area contributed by atoms with Crippen LogP contribution in [0.15, 0.2) is 60.7 Å². The van der Waals surface area contributed by atoms with Crippen LogP contribution in [0.4, 0.5) is 4.79 Å². The Balaban J connectivity index is 1.65. The Labute approximate surface area is 155 Å². The molecule has 0 saturated carbocycles. The quantitative estimate of drug-likeness (QED) is 0.761. The van der Waals surface area contributed by atoms with Gasteiger partial charge in [-0.2, -0.15) is 0 Å². The van der Waals surface area contributed by atoms with E-state index >= 15 is 0 Å². The van der Waals surface area contributed by atoms with E-state index in [4.69, 9.17) is 9.47 Å². The van der Waals surface area contributed by atoms with Crippen LogP contribution >= 0.6 is 0 Å². The van der Waals surface area contributed by atoms with E-state index < -0.39 is 0 Å². The Morgan fingerprint density at radius 2 is 1.73 bits per heavy atom. The number of hydrogen-bond donors (Lipinski definition) is 0. The maximum absolute atomic E-state index is 12.7. The highest BCUT2D eigenvalue weighted by Crippen LogP contribution is 2.32. The third-order valence-electron chi connectivity index (χ3n) is 4.75. The lowest BCUT2D eigenvalue weighted by atomic mass is 9.97. The van der Waals surface area contributed by atoms with Gasteiger partial charge in [0.05, 0.1) is 18.8 Å². The maximum atomic E-state index is 12.7. The molecule has 1 heterocycles. The first-order valence-electron chi connectivity index (χ1n) is 9.27. The molecule has 1 amide bonds. The van der Waals surface area contributed by atoms with E-state index in [0.29, 0.717) is 25.7 Å². The lowest BCUT2D eigenvalue weighted by Crippen LogP contribution is -2.39. The van der Waals surface area contributed by atoms with E-state index in [1.807, 2.05) is 67.3 Å². The van der Waals surface area contributed by atoms with Crippen LogP contribution in [0.2, 0.25) is 0 Å². The molecule has 3 rings (SSSR count). The summed E-state index contributed by atoms with van der Waals surface area (Å²) in [4.78, 5) is 14.5. The number of amides is 1. The molecule has 1 aliphatic rings. The molecule has 2 aromatic rings. The molecule has 0 aliphatic carbocycles. The molecule has 1 aliphatic heterocycles. The monoisotopic (exact) mass is 353 g/mol. The fraction of sp³-hybridized carbons (Fsp3) is 0.409. The first-order chi connectivity index (χ1) is 12.6. The molecular weight excluding hydrogens is 326 g/mol. The summed E-state index contributed by atoms with van der Waals surface area (Å²) in [5.74, 6) is 0.321. The van der Waals surface area contributed by atoms with Crippen LogP contribution in [-0.4, -0.2) is 36.3 Å². The van der Waals surface area contributed by atoms with E-state index in [1.54, 1.807) is 0 Å². The number of rotatable bonds is 6. The van der Waals surface area contributed by atoms with E-state index in [2.05, 4.69) is 12.1 Å². The van der Waals surface area contributed by atoms with Crippen LogP contribution in [0.25, 0.3) is 0 Å². The van der Waals surface area contributed by atoms with Crippen LogP contribution < -0.4 is 0 Å². The molecule has 138 valence electrons. The van der Waals surface area contributed by atoms with Crippen molar-refractivity contribution in [3.05, 3.63) is 71.8 Å². The Morgan fingerprint density at radius 1 is 1.08 bits per heavy atom. The number of ether oxygens (including phenoxy) is 2. The van der Waals surface area contributed by atoms with E-state index in [1.165, 1.54) is 5.56 Å². The van der Waals surface area contributed by atoms with Crippen molar-refractivity contribution in [2.45, 2.75) is 44.9 Å². The van der Waals surface area contributed by atoms with Gasteiger partial charge in [-0.25, -0.2) is 4.79 Å². The Bertz CT molecular complexity index is 687. The Hall–Kier alpha value is -2.33. The first-order valence-corrected chi connectivity index (χ1v) is 9.27. The zero-order valence-corrected chi connectivity index (χ0v) is 15.5. The van der Waals surface area contributed by atoms with Gasteiger partial charge in [-0.15, -0.1) is 0 Å². The average molecular weight is 353 g/mol. The lowest BCUT2D eigenvalue weighted by Gasteiger charge is -2.24. The minimum Gasteiger partial charge on any atom is -0.445 e. The molecule has 0 radical (unpaired) electrons. The molecule has 0 aromatic heterocycles. The van der Waals surface area contributed by atoms with Crippen molar-refractivity contribution in [2.75, 3.05) is 13.2 Å². The van der Waals surface area contributed by atoms with Crippen LogP contribution in [-0.2, 0) is 16.1 Å². The number of hydrogen-bond acceptors (Lipinski definition) is 3. The second kappa shape index (κ2) is 8.86. The summed E-state index contributed by atoms with van der Waals surface area (Å²) in [7, 11) is 0. The summed E-state index contributed by atoms with van der Waals surface area (Å²) >= 11 is 0. The van der Waals surface area contributed by atoms with Crippen LogP contribution in [0.1, 0.15) is 37.3 Å². The number of nitrogens with zero attached hydrogens (tertiary/aromatic N) is 1. The number of carbonyl (C=O) groups is 1. The Morgan fingerprint density at radius 3 is 2.38 bits per heavy atom. The third kappa shape index (κ3) is 4.85. The highest BCUT2D eigenvalue weighted by atomic mass is 16.6. The minimum absolute atomic E-state index is 0.0471. The van der Waals surface area contributed by atoms with Crippen molar-refractivity contribution >= 4 is 6.09 Å². The standard InChI is InChI=1S/C22H27NO3/c1-17(2)25-16-21-13-20(19-11-7-4-8-12-19)14-23(21)22(24)26-15-18-9-5-3-6-10-18/h3-12,17,20-21H,13-16H2,1-2H3. The van der Waals surface area contributed by atoms with Gasteiger partial charge in [0.25, 0.3) is 0 Å². The molecule has 0 spiro atoms. The smallest absolute Gasteiger partial charge is 0.410 e. The number of benzene rings is 2. The van der Waals surface area contributed by atoms with E-state index in [-0.39, 0.29) is 18.2 Å². The van der Waals surface area contributed by atoms with Gasteiger partial charge in [0, 0.05) is 12.5 Å². The van der Waals surface area contributed by atoms with Crippen LogP contribution in [0.3, 0.4) is 0 Å². The largest absolute Gasteiger partial charge is 0.445 e. The predicted molar refractivity (Wildman–Crippen MR) is 102 cm³/mol. The molecule has 0 bridgehead atoms. The van der Waals surface area contributed by atoms with Crippen molar-refractivity contribution in [3.63, 3.8) is 0 Å². The molecule has 26 heavy (non-hydrogen) atoms. The van der Waals surface area contributed by atoms with Crippen LogP contribution in [0, 0.1) is 0 Å². The Kier molecular flexibility index (Phi) is 6.29. The lowest BCUT2D eigenvalue weighted by molar-refractivity contribution is 0.0295. The minimum atomic E-state index is -0.260. The first kappa shape index (κ1) is 18.5. The second-order valence-electron chi connectivity index (χ2n) is 7.07. The van der Waals surface area contributed by atoms with Crippen molar-refractivity contribution < 1.29 is 14.3 Å². The van der Waals surface area contributed by atoms with Gasteiger partial charge in [-0.3, -0.25) is 0 Å². The number of likely N-dealkylation sites (tertiary alicyclic amines) is 1. The normalized spacial score (nSPS) is 19.7. The zero-order chi connectivity index (χ0) is 18.4. The van der Waals surface area contributed by atoms with E-state index in [9.17, 15) is 4.79 Å². The van der Waals surface area contributed by atoms with Gasteiger partial charge >= 0.3 is 6.09 Å². The fourth-order valence-electron chi connectivity index (χ4n) is 3.37. The summed E-state index contributed by atoms with van der Waals surface area (Å²) in [6.45, 7) is 5.54. The highest BCUT2D eigenvalue weighted by Gasteiger charge is 2.37. The maximum Gasteiger partial charge on any atom is 0.410 e. The van der Waals surface area contributed by atoms with Crippen molar-refractivity contribution in [1.82, 2.24) is 4.90 Å². The molecule has 2 aromatic carbocycles. The second-order valence-corrected chi connectivity index (χ2v) is 7.07. The summed E-state index contributed by atoms with van der Waals surface area (Å²) < 4.78 is 11.4. The van der Waals surface area contributed by atoms with E-state index in [0.717, 1.165) is 12.0 Å². The summed E-state index contributed by atoms with van der Waals surface area (Å²) in [5, 5.41) is 0. The zero-order valence-electron chi connectivity index (χ0n) is 15.5. The third-order valence-corrected chi connectivity index (χ3v) is 4.75. The van der Waals surface area contributed by atoms with Gasteiger partial charge in [0.15, 0.2) is 0 Å². The SMILES string of the molecule is CC(C)OCC1CC(c2ccccc2)CN1C(=O)OCc1ccccc1. The highest BCUT2D eigenvalue weighted by molar-refractivity contribution is 5.68.